The Kier molecular flexibility index (Phi) is 8.40. The van der Waals surface area contributed by atoms with E-state index in [1.54, 1.807) is 41.2 Å². The fourth-order valence-electron chi connectivity index (χ4n) is 4.68. The Balaban J connectivity index is 1.31. The van der Waals surface area contributed by atoms with Crippen LogP contribution in [0.2, 0.25) is 5.02 Å². The van der Waals surface area contributed by atoms with Crippen LogP contribution >= 0.6 is 23.4 Å². The maximum Gasteiger partial charge on any atom is 0.416 e. The Bertz CT molecular complexity index is 1820. The van der Waals surface area contributed by atoms with Crippen molar-refractivity contribution < 1.29 is 22.4 Å². The molecular formula is C32H23ClF3N5O2S. The van der Waals surface area contributed by atoms with Gasteiger partial charge in [0.2, 0.25) is 5.91 Å². The number of nitrogens with zero attached hydrogens (tertiary/aromatic N) is 5. The number of thioether (sulfide) groups is 1. The number of para-hydroxylation sites is 1. The Labute approximate surface area is 259 Å². The van der Waals surface area contributed by atoms with Gasteiger partial charge in [0.25, 0.3) is 0 Å². The molecule has 222 valence electrons. The van der Waals surface area contributed by atoms with E-state index >= 15 is 0 Å². The molecule has 1 unspecified atom stereocenters. The summed E-state index contributed by atoms with van der Waals surface area (Å²) in [5.41, 5.74) is 2.64. The van der Waals surface area contributed by atoms with Crippen LogP contribution in [0.1, 0.15) is 22.5 Å². The number of amidine groups is 1. The van der Waals surface area contributed by atoms with Crippen LogP contribution in [0.25, 0.3) is 16.9 Å². The minimum atomic E-state index is -4.48. The highest BCUT2D eigenvalue weighted by Gasteiger charge is 2.39. The van der Waals surface area contributed by atoms with Gasteiger partial charge in [-0.25, -0.2) is 4.68 Å². The Morgan fingerprint density at radius 3 is 2.52 bits per heavy atom. The van der Waals surface area contributed by atoms with Crippen molar-refractivity contribution >= 4 is 40.7 Å². The van der Waals surface area contributed by atoms with Crippen molar-refractivity contribution in [2.24, 2.45) is 10.2 Å². The summed E-state index contributed by atoms with van der Waals surface area (Å²) in [5, 5.41) is 13.7. The van der Waals surface area contributed by atoms with Crippen molar-refractivity contribution in [2.45, 2.75) is 24.4 Å². The van der Waals surface area contributed by atoms with E-state index in [4.69, 9.17) is 21.1 Å². The van der Waals surface area contributed by atoms with Crippen molar-refractivity contribution in [3.8, 4) is 16.9 Å². The first kappa shape index (κ1) is 29.5. The van der Waals surface area contributed by atoms with Gasteiger partial charge >= 0.3 is 6.18 Å². The lowest BCUT2D eigenvalue weighted by Gasteiger charge is -2.14. The lowest BCUT2D eigenvalue weighted by atomic mass is 10.1. The zero-order valence-corrected chi connectivity index (χ0v) is 24.4. The quantitative estimate of drug-likeness (QED) is 0.129. The summed E-state index contributed by atoms with van der Waals surface area (Å²) in [4.78, 5) is 14.9. The van der Waals surface area contributed by atoms with E-state index in [0.717, 1.165) is 35.1 Å². The average molecular weight is 634 g/mol. The number of benzene rings is 3. The highest BCUT2D eigenvalue weighted by Crippen LogP contribution is 2.34. The fraction of sp³-hybridized carbons (Fsp3) is 0.125. The van der Waals surface area contributed by atoms with Gasteiger partial charge in [0.15, 0.2) is 5.17 Å². The van der Waals surface area contributed by atoms with Crippen LogP contribution in [0.3, 0.4) is 0 Å². The summed E-state index contributed by atoms with van der Waals surface area (Å²) in [6.07, 6.45) is 0.497. The third-order valence-corrected chi connectivity index (χ3v) is 8.23. The van der Waals surface area contributed by atoms with Gasteiger partial charge in [-0.2, -0.15) is 23.4 Å². The predicted octanol–water partition coefficient (Wildman–Crippen LogP) is 7.88. The largest absolute Gasteiger partial charge is 0.467 e. The molecule has 0 radical (unpaired) electrons. The second-order valence-electron chi connectivity index (χ2n) is 9.86. The standard InChI is InChI=1S/C32H23ClF3N5O2S/c33-25-13-11-22(12-14-25)29-23(19-41(39-29)26-8-2-1-3-9-26)18-37-38-31-40(20-27-10-5-15-43-27)30(42)28(44-31)17-21-6-4-7-24(16-21)32(34,35)36/h1-16,18-19,28H,17,20H2. The number of alkyl halides is 3. The van der Waals surface area contributed by atoms with Crippen LogP contribution in [-0.2, 0) is 23.9 Å². The van der Waals surface area contributed by atoms with E-state index in [9.17, 15) is 18.0 Å². The monoisotopic (exact) mass is 633 g/mol. The molecule has 1 aliphatic heterocycles. The van der Waals surface area contributed by atoms with Crippen LogP contribution in [0, 0.1) is 0 Å². The van der Waals surface area contributed by atoms with Crippen LogP contribution in [0.4, 0.5) is 13.2 Å². The van der Waals surface area contributed by atoms with Gasteiger partial charge in [0, 0.05) is 22.3 Å². The Morgan fingerprint density at radius 2 is 1.80 bits per heavy atom. The van der Waals surface area contributed by atoms with Crippen molar-refractivity contribution in [1.82, 2.24) is 14.7 Å². The topological polar surface area (TPSA) is 76.0 Å². The van der Waals surface area contributed by atoms with Crippen molar-refractivity contribution in [3.05, 3.63) is 131 Å². The van der Waals surface area contributed by atoms with Gasteiger partial charge in [0.1, 0.15) is 11.5 Å². The zero-order chi connectivity index (χ0) is 30.7. The summed E-state index contributed by atoms with van der Waals surface area (Å²) in [6, 6.07) is 25.3. The SMILES string of the molecule is O=C1C(Cc2cccc(C(F)(F)F)c2)SC(=NN=Cc2cn(-c3ccccc3)nc2-c2ccc(Cl)cc2)N1Cc1ccco1. The summed E-state index contributed by atoms with van der Waals surface area (Å²) in [6.45, 7) is 0.105. The first-order valence-electron chi connectivity index (χ1n) is 13.4. The predicted molar refractivity (Wildman–Crippen MR) is 165 cm³/mol. The van der Waals surface area contributed by atoms with Crippen LogP contribution < -0.4 is 0 Å². The number of carbonyl (C=O) groups is 1. The number of carbonyl (C=O) groups excluding carboxylic acids is 1. The minimum absolute atomic E-state index is 0.0926. The fourth-order valence-corrected chi connectivity index (χ4v) is 5.94. The number of halogens is 4. The molecule has 7 nitrogen and oxygen atoms in total. The number of aromatic nitrogens is 2. The average Bonchev–Trinajstić information content (AvgIpc) is 3.75. The number of furan rings is 1. The number of amides is 1. The van der Waals surface area contributed by atoms with E-state index < -0.39 is 17.0 Å². The second kappa shape index (κ2) is 12.6. The molecule has 0 aliphatic carbocycles. The third kappa shape index (κ3) is 6.63. The Morgan fingerprint density at radius 1 is 1.00 bits per heavy atom. The molecule has 1 fully saturated rings. The molecule has 0 spiro atoms. The molecule has 3 heterocycles. The van der Waals surface area contributed by atoms with Crippen LogP contribution in [0.5, 0.6) is 0 Å². The van der Waals surface area contributed by atoms with Gasteiger partial charge < -0.3 is 4.42 Å². The summed E-state index contributed by atoms with van der Waals surface area (Å²) < 4.78 is 47.0. The van der Waals surface area contributed by atoms with Gasteiger partial charge in [-0.3, -0.25) is 9.69 Å². The molecule has 1 aliphatic rings. The number of hydrogen-bond donors (Lipinski definition) is 0. The highest BCUT2D eigenvalue weighted by molar-refractivity contribution is 8.15. The minimum Gasteiger partial charge on any atom is -0.467 e. The van der Waals surface area contributed by atoms with E-state index in [0.29, 0.717) is 32.8 Å². The highest BCUT2D eigenvalue weighted by atomic mass is 35.5. The van der Waals surface area contributed by atoms with E-state index in [-0.39, 0.29) is 18.9 Å². The molecule has 1 amide bonds. The third-order valence-electron chi connectivity index (χ3n) is 6.81. The summed E-state index contributed by atoms with van der Waals surface area (Å²) in [7, 11) is 0. The normalized spacial score (nSPS) is 16.5. The number of hydrogen-bond acceptors (Lipinski definition) is 6. The molecule has 0 saturated carbocycles. The van der Waals surface area contributed by atoms with Crippen LogP contribution in [0.15, 0.2) is 118 Å². The second-order valence-corrected chi connectivity index (χ2v) is 11.5. The van der Waals surface area contributed by atoms with Crippen molar-refractivity contribution in [1.29, 1.82) is 0 Å². The molecule has 1 atom stereocenters. The first-order chi connectivity index (χ1) is 21.2. The lowest BCUT2D eigenvalue weighted by Crippen LogP contribution is -2.32. The molecule has 1 saturated heterocycles. The van der Waals surface area contributed by atoms with E-state index in [2.05, 4.69) is 10.2 Å². The molecule has 44 heavy (non-hydrogen) atoms. The molecule has 2 aromatic heterocycles. The molecule has 3 aromatic carbocycles. The lowest BCUT2D eigenvalue weighted by molar-refractivity contribution is -0.137. The van der Waals surface area contributed by atoms with Gasteiger partial charge in [-0.05, 0) is 54.4 Å². The smallest absolute Gasteiger partial charge is 0.416 e. The van der Waals surface area contributed by atoms with E-state index in [1.165, 1.54) is 17.2 Å². The molecule has 6 rings (SSSR count). The van der Waals surface area contributed by atoms with Gasteiger partial charge in [-0.15, -0.1) is 5.10 Å². The molecular weight excluding hydrogens is 611 g/mol. The van der Waals surface area contributed by atoms with Crippen molar-refractivity contribution in [2.75, 3.05) is 0 Å². The molecule has 5 aromatic rings. The maximum atomic E-state index is 13.5. The first-order valence-corrected chi connectivity index (χ1v) is 14.7. The molecule has 0 bridgehead atoms. The van der Waals surface area contributed by atoms with Gasteiger partial charge in [-0.1, -0.05) is 71.9 Å². The van der Waals surface area contributed by atoms with Gasteiger partial charge in [0.05, 0.1) is 35.5 Å². The summed E-state index contributed by atoms with van der Waals surface area (Å²) >= 11 is 7.25. The van der Waals surface area contributed by atoms with Crippen LogP contribution in [-0.4, -0.2) is 37.2 Å². The molecule has 0 N–H and O–H groups in total. The Hall–Kier alpha value is -4.61. The molecule has 12 heteroatoms. The number of rotatable bonds is 8. The zero-order valence-electron chi connectivity index (χ0n) is 22.9. The van der Waals surface area contributed by atoms with Crippen molar-refractivity contribution in [3.63, 3.8) is 0 Å². The van der Waals surface area contributed by atoms with E-state index in [1.807, 2.05) is 48.7 Å². The summed E-state index contributed by atoms with van der Waals surface area (Å²) in [5.74, 6) is 0.237. The maximum absolute atomic E-state index is 13.5.